The van der Waals surface area contributed by atoms with Gasteiger partial charge in [-0.3, -0.25) is 4.68 Å². The molecule has 0 atom stereocenters. The third-order valence-electron chi connectivity index (χ3n) is 2.60. The SMILES string of the molecule is CC(C)Cn1nccc1CNc1ccn(C(F)F)n1. The molecule has 2 aromatic heterocycles. The van der Waals surface area contributed by atoms with Crippen LogP contribution in [0.2, 0.25) is 0 Å². The fraction of sp³-hybridized carbons (Fsp3) is 0.500. The molecule has 0 aliphatic heterocycles. The molecule has 0 bridgehead atoms. The quantitative estimate of drug-likeness (QED) is 0.877. The molecule has 7 heteroatoms. The van der Waals surface area contributed by atoms with Gasteiger partial charge in [-0.05, 0) is 12.0 Å². The van der Waals surface area contributed by atoms with Gasteiger partial charge in [0, 0.05) is 25.0 Å². The first kappa shape index (κ1) is 13.5. The van der Waals surface area contributed by atoms with Crippen LogP contribution in [0.1, 0.15) is 26.1 Å². The van der Waals surface area contributed by atoms with Crippen molar-refractivity contribution in [2.24, 2.45) is 5.92 Å². The number of hydrogen-bond donors (Lipinski definition) is 1. The van der Waals surface area contributed by atoms with Gasteiger partial charge in [-0.25, -0.2) is 4.68 Å². The van der Waals surface area contributed by atoms with Crippen LogP contribution < -0.4 is 5.32 Å². The van der Waals surface area contributed by atoms with Gasteiger partial charge in [0.05, 0.1) is 12.2 Å². The van der Waals surface area contributed by atoms with E-state index in [0.29, 0.717) is 23.0 Å². The Morgan fingerprint density at radius 1 is 1.32 bits per heavy atom. The highest BCUT2D eigenvalue weighted by molar-refractivity contribution is 5.32. The lowest BCUT2D eigenvalue weighted by Gasteiger charge is -2.10. The van der Waals surface area contributed by atoms with E-state index in [-0.39, 0.29) is 0 Å². The Morgan fingerprint density at radius 2 is 2.11 bits per heavy atom. The fourth-order valence-corrected chi connectivity index (χ4v) is 1.74. The first-order valence-corrected chi connectivity index (χ1v) is 6.14. The Labute approximate surface area is 110 Å². The summed E-state index contributed by atoms with van der Waals surface area (Å²) in [7, 11) is 0. The molecule has 0 saturated carbocycles. The highest BCUT2D eigenvalue weighted by Gasteiger charge is 2.08. The van der Waals surface area contributed by atoms with Crippen LogP contribution in [0.15, 0.2) is 24.5 Å². The molecule has 0 amide bonds. The Hall–Kier alpha value is -1.92. The maximum absolute atomic E-state index is 12.4. The normalized spacial score (nSPS) is 11.5. The van der Waals surface area contributed by atoms with Crippen molar-refractivity contribution in [1.29, 1.82) is 0 Å². The maximum Gasteiger partial charge on any atom is 0.333 e. The molecule has 0 aromatic carbocycles. The van der Waals surface area contributed by atoms with Crippen molar-refractivity contribution >= 4 is 5.82 Å². The molecule has 0 radical (unpaired) electrons. The van der Waals surface area contributed by atoms with E-state index in [1.807, 2.05) is 10.7 Å². The van der Waals surface area contributed by atoms with E-state index in [0.717, 1.165) is 12.2 Å². The minimum Gasteiger partial charge on any atom is -0.363 e. The Kier molecular flexibility index (Phi) is 4.13. The molecule has 0 spiro atoms. The summed E-state index contributed by atoms with van der Waals surface area (Å²) < 4.78 is 27.2. The molecule has 2 rings (SSSR count). The monoisotopic (exact) mass is 269 g/mol. The average molecular weight is 269 g/mol. The molecule has 0 aliphatic rings. The van der Waals surface area contributed by atoms with Crippen LogP contribution in [0, 0.1) is 5.92 Å². The number of alkyl halides is 2. The fourth-order valence-electron chi connectivity index (χ4n) is 1.74. The van der Waals surface area contributed by atoms with Crippen molar-refractivity contribution < 1.29 is 8.78 Å². The molecule has 104 valence electrons. The van der Waals surface area contributed by atoms with Gasteiger partial charge in [-0.1, -0.05) is 13.8 Å². The third kappa shape index (κ3) is 3.52. The van der Waals surface area contributed by atoms with Gasteiger partial charge < -0.3 is 5.32 Å². The van der Waals surface area contributed by atoms with Crippen LogP contribution in [-0.2, 0) is 13.1 Å². The van der Waals surface area contributed by atoms with Crippen LogP contribution in [0.5, 0.6) is 0 Å². The molecule has 2 aromatic rings. The number of rotatable bonds is 6. The summed E-state index contributed by atoms with van der Waals surface area (Å²) in [5.41, 5.74) is 1.00. The van der Waals surface area contributed by atoms with Crippen LogP contribution in [-0.4, -0.2) is 19.6 Å². The lowest BCUT2D eigenvalue weighted by Crippen LogP contribution is -2.12. The van der Waals surface area contributed by atoms with Crippen LogP contribution >= 0.6 is 0 Å². The second-order valence-electron chi connectivity index (χ2n) is 4.71. The van der Waals surface area contributed by atoms with Gasteiger partial charge in [0.2, 0.25) is 0 Å². The number of anilines is 1. The minimum absolute atomic E-state index is 0.428. The molecule has 19 heavy (non-hydrogen) atoms. The highest BCUT2D eigenvalue weighted by atomic mass is 19.3. The number of halogens is 2. The predicted octanol–water partition coefficient (Wildman–Crippen LogP) is 2.74. The zero-order valence-electron chi connectivity index (χ0n) is 10.9. The van der Waals surface area contributed by atoms with Gasteiger partial charge in [0.25, 0.3) is 0 Å². The van der Waals surface area contributed by atoms with E-state index in [9.17, 15) is 8.78 Å². The second kappa shape index (κ2) is 5.81. The van der Waals surface area contributed by atoms with E-state index >= 15 is 0 Å². The zero-order chi connectivity index (χ0) is 13.8. The van der Waals surface area contributed by atoms with Gasteiger partial charge in [-0.2, -0.15) is 19.0 Å². The first-order chi connectivity index (χ1) is 9.06. The van der Waals surface area contributed by atoms with Crippen molar-refractivity contribution in [3.8, 4) is 0 Å². The molecule has 0 saturated heterocycles. The van der Waals surface area contributed by atoms with Crippen LogP contribution in [0.3, 0.4) is 0 Å². The number of nitrogens with one attached hydrogen (secondary N) is 1. The third-order valence-corrected chi connectivity index (χ3v) is 2.60. The van der Waals surface area contributed by atoms with Gasteiger partial charge in [-0.15, -0.1) is 0 Å². The molecule has 0 aliphatic carbocycles. The topological polar surface area (TPSA) is 47.7 Å². The van der Waals surface area contributed by atoms with Crippen LogP contribution in [0.4, 0.5) is 14.6 Å². The summed E-state index contributed by atoms with van der Waals surface area (Å²) in [5.74, 6) is 0.925. The van der Waals surface area contributed by atoms with E-state index in [2.05, 4.69) is 29.4 Å². The van der Waals surface area contributed by atoms with E-state index in [1.165, 1.54) is 12.3 Å². The molecule has 5 nitrogen and oxygen atoms in total. The van der Waals surface area contributed by atoms with Crippen LogP contribution in [0.25, 0.3) is 0 Å². The molecule has 0 fully saturated rings. The van der Waals surface area contributed by atoms with E-state index < -0.39 is 6.55 Å². The van der Waals surface area contributed by atoms with Crippen molar-refractivity contribution in [3.63, 3.8) is 0 Å². The summed E-state index contributed by atoms with van der Waals surface area (Å²) in [6.45, 7) is 2.96. The zero-order valence-corrected chi connectivity index (χ0v) is 10.9. The summed E-state index contributed by atoms with van der Waals surface area (Å²) in [6, 6.07) is 3.43. The lowest BCUT2D eigenvalue weighted by molar-refractivity contribution is 0.0569. The van der Waals surface area contributed by atoms with Gasteiger partial charge >= 0.3 is 6.55 Å². The smallest absolute Gasteiger partial charge is 0.333 e. The molecular formula is C12H17F2N5. The standard InChI is InChI=1S/C12H17F2N5/c1-9(2)8-19-10(3-5-16-19)7-15-11-4-6-18(17-11)12(13)14/h3-6,9,12H,7-8H2,1-2H3,(H,15,17). The number of aromatic nitrogens is 4. The van der Waals surface area contributed by atoms with Gasteiger partial charge in [0.1, 0.15) is 5.82 Å². The van der Waals surface area contributed by atoms with E-state index in [1.54, 1.807) is 6.20 Å². The van der Waals surface area contributed by atoms with Crippen molar-refractivity contribution in [1.82, 2.24) is 19.6 Å². The Balaban J connectivity index is 1.96. The maximum atomic E-state index is 12.4. The molecule has 1 N–H and O–H groups in total. The first-order valence-electron chi connectivity index (χ1n) is 6.14. The summed E-state index contributed by atoms with van der Waals surface area (Å²) in [6.07, 6.45) is 2.98. The summed E-state index contributed by atoms with van der Waals surface area (Å²) in [4.78, 5) is 0. The average Bonchev–Trinajstić information content (AvgIpc) is 2.94. The lowest BCUT2D eigenvalue weighted by atomic mass is 10.2. The number of hydrogen-bond acceptors (Lipinski definition) is 3. The summed E-state index contributed by atoms with van der Waals surface area (Å²) >= 11 is 0. The molecule has 2 heterocycles. The van der Waals surface area contributed by atoms with Crippen molar-refractivity contribution in [2.45, 2.75) is 33.5 Å². The van der Waals surface area contributed by atoms with Crippen molar-refractivity contribution in [2.75, 3.05) is 5.32 Å². The predicted molar refractivity (Wildman–Crippen MR) is 67.9 cm³/mol. The summed E-state index contributed by atoms with van der Waals surface area (Å²) in [5, 5.41) is 11.0. The number of nitrogens with zero attached hydrogens (tertiary/aromatic N) is 4. The largest absolute Gasteiger partial charge is 0.363 e. The minimum atomic E-state index is -2.61. The molecule has 0 unspecified atom stereocenters. The van der Waals surface area contributed by atoms with Crippen molar-refractivity contribution in [3.05, 3.63) is 30.2 Å². The van der Waals surface area contributed by atoms with E-state index in [4.69, 9.17) is 0 Å². The highest BCUT2D eigenvalue weighted by Crippen LogP contribution is 2.12. The van der Waals surface area contributed by atoms with Gasteiger partial charge in [0.15, 0.2) is 0 Å². The second-order valence-corrected chi connectivity index (χ2v) is 4.71. The molecular weight excluding hydrogens is 252 g/mol. The Morgan fingerprint density at radius 3 is 2.74 bits per heavy atom. The Bertz CT molecular complexity index is 518.